The Balaban J connectivity index is 2.06. The van der Waals surface area contributed by atoms with E-state index in [4.69, 9.17) is 11.6 Å². The minimum atomic E-state index is -0.0834. The number of likely N-dealkylation sites (tertiary alicyclic amines) is 1. The Kier molecular flexibility index (Phi) is 4.65. The molecule has 2 unspecified atom stereocenters. The van der Waals surface area contributed by atoms with E-state index in [0.29, 0.717) is 6.04 Å². The first kappa shape index (κ1) is 13.8. The molecule has 1 aromatic heterocycles. The molecule has 3 nitrogen and oxygen atoms in total. The van der Waals surface area contributed by atoms with Gasteiger partial charge in [-0.1, -0.05) is 11.6 Å². The van der Waals surface area contributed by atoms with Gasteiger partial charge in [-0.15, -0.1) is 11.3 Å². The summed E-state index contributed by atoms with van der Waals surface area (Å²) in [7, 11) is 1.93. The summed E-state index contributed by atoms with van der Waals surface area (Å²) in [6.45, 7) is 3.73. The van der Waals surface area contributed by atoms with Crippen molar-refractivity contribution >= 4 is 28.8 Å². The highest BCUT2D eigenvalue weighted by Gasteiger charge is 2.31. The molecule has 1 aliphatic heterocycles. The van der Waals surface area contributed by atoms with E-state index in [0.717, 1.165) is 35.1 Å². The molecule has 1 fully saturated rings. The SMILES string of the molecule is CNCC1CCCN1C(=O)C(C)c1ccc(Cl)s1. The molecule has 18 heavy (non-hydrogen) atoms. The number of thiophene rings is 1. The second kappa shape index (κ2) is 6.04. The predicted octanol–water partition coefficient (Wildman–Crippen LogP) is 2.72. The molecule has 2 heterocycles. The largest absolute Gasteiger partial charge is 0.338 e. The Bertz CT molecular complexity index is 421. The van der Waals surface area contributed by atoms with Crippen LogP contribution in [0.5, 0.6) is 0 Å². The number of hydrogen-bond donors (Lipinski definition) is 1. The fourth-order valence-electron chi connectivity index (χ4n) is 2.51. The number of rotatable bonds is 4. The van der Waals surface area contributed by atoms with Crippen LogP contribution < -0.4 is 5.32 Å². The summed E-state index contributed by atoms with van der Waals surface area (Å²) in [5.41, 5.74) is 0. The maximum absolute atomic E-state index is 12.5. The number of halogens is 1. The second-order valence-corrected chi connectivity index (χ2v) is 6.50. The number of nitrogens with one attached hydrogen (secondary N) is 1. The van der Waals surface area contributed by atoms with Crippen LogP contribution in [0, 0.1) is 0 Å². The zero-order valence-corrected chi connectivity index (χ0v) is 12.4. The van der Waals surface area contributed by atoms with Gasteiger partial charge in [0.1, 0.15) is 0 Å². The normalized spacial score (nSPS) is 21.3. The molecule has 1 N–H and O–H groups in total. The molecule has 2 atom stereocenters. The van der Waals surface area contributed by atoms with Crippen molar-refractivity contribution in [3.8, 4) is 0 Å². The summed E-state index contributed by atoms with van der Waals surface area (Å²) >= 11 is 7.43. The van der Waals surface area contributed by atoms with Gasteiger partial charge in [0.05, 0.1) is 10.3 Å². The maximum Gasteiger partial charge on any atom is 0.230 e. The van der Waals surface area contributed by atoms with Crippen LogP contribution in [0.4, 0.5) is 0 Å². The lowest BCUT2D eigenvalue weighted by atomic mass is 10.1. The van der Waals surface area contributed by atoms with Gasteiger partial charge in [-0.2, -0.15) is 0 Å². The van der Waals surface area contributed by atoms with Gasteiger partial charge in [0.15, 0.2) is 0 Å². The van der Waals surface area contributed by atoms with Gasteiger partial charge in [-0.25, -0.2) is 0 Å². The van der Waals surface area contributed by atoms with Crippen LogP contribution in [0.25, 0.3) is 0 Å². The molecule has 0 aliphatic carbocycles. The fraction of sp³-hybridized carbons (Fsp3) is 0.615. The number of amides is 1. The Morgan fingerprint density at radius 2 is 2.44 bits per heavy atom. The highest BCUT2D eigenvalue weighted by Crippen LogP contribution is 2.31. The molecular formula is C13H19ClN2OS. The Morgan fingerprint density at radius 1 is 1.67 bits per heavy atom. The smallest absolute Gasteiger partial charge is 0.230 e. The molecule has 100 valence electrons. The molecule has 1 aliphatic rings. The first-order valence-corrected chi connectivity index (χ1v) is 7.53. The molecule has 0 saturated carbocycles. The first-order valence-electron chi connectivity index (χ1n) is 6.33. The van der Waals surface area contributed by atoms with Gasteiger partial charge < -0.3 is 10.2 Å². The summed E-state index contributed by atoms with van der Waals surface area (Å²) in [4.78, 5) is 15.6. The van der Waals surface area contributed by atoms with E-state index >= 15 is 0 Å². The number of likely N-dealkylation sites (N-methyl/N-ethyl adjacent to an activating group) is 1. The molecule has 0 spiro atoms. The van der Waals surface area contributed by atoms with E-state index in [9.17, 15) is 4.79 Å². The van der Waals surface area contributed by atoms with Crippen LogP contribution in [0.2, 0.25) is 4.34 Å². The molecule has 5 heteroatoms. The summed E-state index contributed by atoms with van der Waals surface area (Å²) < 4.78 is 0.748. The minimum Gasteiger partial charge on any atom is -0.338 e. The molecule has 0 radical (unpaired) electrons. The van der Waals surface area contributed by atoms with Crippen molar-refractivity contribution in [3.05, 3.63) is 21.3 Å². The van der Waals surface area contributed by atoms with Crippen molar-refractivity contribution in [1.29, 1.82) is 0 Å². The zero-order valence-electron chi connectivity index (χ0n) is 10.8. The van der Waals surface area contributed by atoms with Gasteiger partial charge in [-0.3, -0.25) is 4.79 Å². The third-order valence-electron chi connectivity index (χ3n) is 3.49. The Morgan fingerprint density at radius 3 is 3.06 bits per heavy atom. The van der Waals surface area contributed by atoms with Crippen molar-refractivity contribution in [1.82, 2.24) is 10.2 Å². The lowest BCUT2D eigenvalue weighted by Crippen LogP contribution is -2.42. The van der Waals surface area contributed by atoms with Gasteiger partial charge >= 0.3 is 0 Å². The maximum atomic E-state index is 12.5. The summed E-state index contributed by atoms with van der Waals surface area (Å²) in [5.74, 6) is 0.145. The number of carbonyl (C=O) groups is 1. The van der Waals surface area contributed by atoms with Crippen molar-refractivity contribution < 1.29 is 4.79 Å². The van der Waals surface area contributed by atoms with Crippen molar-refractivity contribution in [2.24, 2.45) is 0 Å². The van der Waals surface area contributed by atoms with E-state index in [-0.39, 0.29) is 11.8 Å². The predicted molar refractivity (Wildman–Crippen MR) is 76.4 cm³/mol. The average Bonchev–Trinajstić information content (AvgIpc) is 2.97. The number of carbonyl (C=O) groups excluding carboxylic acids is 1. The quantitative estimate of drug-likeness (QED) is 0.923. The molecule has 1 saturated heterocycles. The van der Waals surface area contributed by atoms with Gasteiger partial charge in [0.2, 0.25) is 5.91 Å². The summed E-state index contributed by atoms with van der Waals surface area (Å²) in [6.07, 6.45) is 2.21. The third-order valence-corrected chi connectivity index (χ3v) is 4.91. The second-order valence-electron chi connectivity index (χ2n) is 4.75. The standard InChI is InChI=1S/C13H19ClN2OS/c1-9(11-5-6-12(14)18-11)13(17)16-7-3-4-10(16)8-15-2/h5-6,9-10,15H,3-4,7-8H2,1-2H3. The molecule has 1 aromatic rings. The molecule has 0 aromatic carbocycles. The summed E-state index contributed by atoms with van der Waals surface area (Å²) in [6, 6.07) is 4.17. The van der Waals surface area contributed by atoms with E-state index < -0.39 is 0 Å². The monoisotopic (exact) mass is 286 g/mol. The average molecular weight is 287 g/mol. The van der Waals surface area contributed by atoms with Crippen LogP contribution in [-0.4, -0.2) is 37.0 Å². The van der Waals surface area contributed by atoms with E-state index in [1.54, 1.807) is 0 Å². The van der Waals surface area contributed by atoms with Gasteiger partial charge in [0.25, 0.3) is 0 Å². The Hall–Kier alpha value is -0.580. The number of nitrogens with zero attached hydrogens (tertiary/aromatic N) is 1. The lowest BCUT2D eigenvalue weighted by Gasteiger charge is -2.27. The highest BCUT2D eigenvalue weighted by atomic mass is 35.5. The lowest BCUT2D eigenvalue weighted by molar-refractivity contribution is -0.133. The summed E-state index contributed by atoms with van der Waals surface area (Å²) in [5, 5.41) is 3.16. The van der Waals surface area contributed by atoms with Crippen LogP contribution in [0.1, 0.15) is 30.6 Å². The van der Waals surface area contributed by atoms with Crippen molar-refractivity contribution in [3.63, 3.8) is 0 Å². The molecule has 1 amide bonds. The van der Waals surface area contributed by atoms with Gasteiger partial charge in [0, 0.05) is 24.0 Å². The minimum absolute atomic E-state index is 0.0834. The number of hydrogen-bond acceptors (Lipinski definition) is 3. The van der Waals surface area contributed by atoms with E-state index in [1.165, 1.54) is 11.3 Å². The highest BCUT2D eigenvalue weighted by molar-refractivity contribution is 7.16. The van der Waals surface area contributed by atoms with E-state index in [1.807, 2.05) is 31.0 Å². The molecule has 2 rings (SSSR count). The van der Waals surface area contributed by atoms with Gasteiger partial charge in [-0.05, 0) is 38.9 Å². The molecular weight excluding hydrogens is 268 g/mol. The van der Waals surface area contributed by atoms with Crippen LogP contribution in [-0.2, 0) is 4.79 Å². The van der Waals surface area contributed by atoms with Crippen LogP contribution in [0.3, 0.4) is 0 Å². The zero-order chi connectivity index (χ0) is 13.1. The van der Waals surface area contributed by atoms with Crippen LogP contribution in [0.15, 0.2) is 12.1 Å². The van der Waals surface area contributed by atoms with Crippen LogP contribution >= 0.6 is 22.9 Å². The van der Waals surface area contributed by atoms with E-state index in [2.05, 4.69) is 5.32 Å². The van der Waals surface area contributed by atoms with Crippen molar-refractivity contribution in [2.75, 3.05) is 20.1 Å². The molecule has 0 bridgehead atoms. The fourth-order valence-corrected chi connectivity index (χ4v) is 3.61. The van der Waals surface area contributed by atoms with Crippen molar-refractivity contribution in [2.45, 2.75) is 31.7 Å². The Labute approximate surface area is 117 Å². The first-order chi connectivity index (χ1) is 8.63. The topological polar surface area (TPSA) is 32.3 Å². The third kappa shape index (κ3) is 2.87.